The van der Waals surface area contributed by atoms with E-state index in [0.717, 1.165) is 18.7 Å². The van der Waals surface area contributed by atoms with Crippen LogP contribution < -0.4 is 4.90 Å². The van der Waals surface area contributed by atoms with Gasteiger partial charge in [-0.1, -0.05) is 0 Å². The van der Waals surface area contributed by atoms with Crippen molar-refractivity contribution < 1.29 is 9.90 Å². The molecule has 94 valence electrons. The number of Topliss-reactive ketones (excluding diaryl/α,β-unsaturated/α-hetero) is 1. The molecular weight excluding hydrogens is 216 g/mol. The lowest BCUT2D eigenvalue weighted by atomic mass is 10.2. The summed E-state index contributed by atoms with van der Waals surface area (Å²) in [6.45, 7) is 6.66. The Bertz CT molecular complexity index is 360. The number of aromatic nitrogens is 1. The van der Waals surface area contributed by atoms with Crippen molar-refractivity contribution in [1.29, 1.82) is 0 Å². The zero-order chi connectivity index (χ0) is 12.8. The first-order valence-corrected chi connectivity index (χ1v) is 5.90. The van der Waals surface area contributed by atoms with Gasteiger partial charge in [-0.3, -0.25) is 9.78 Å². The van der Waals surface area contributed by atoms with Gasteiger partial charge in [0, 0.05) is 26.1 Å². The van der Waals surface area contributed by atoms with Gasteiger partial charge in [-0.05, 0) is 32.4 Å². The van der Waals surface area contributed by atoms with Gasteiger partial charge in [-0.2, -0.15) is 0 Å². The average Bonchev–Trinajstić information content (AvgIpc) is 2.29. The van der Waals surface area contributed by atoms with E-state index in [-0.39, 0.29) is 12.4 Å². The molecule has 0 spiro atoms. The molecule has 1 rings (SSSR count). The van der Waals surface area contributed by atoms with Crippen LogP contribution in [-0.2, 0) is 0 Å². The smallest absolute Gasteiger partial charge is 0.178 e. The summed E-state index contributed by atoms with van der Waals surface area (Å²) in [5.74, 6) is -0.0250. The van der Waals surface area contributed by atoms with Gasteiger partial charge in [0.15, 0.2) is 5.78 Å². The summed E-state index contributed by atoms with van der Waals surface area (Å²) in [6, 6.07) is 3.99. The minimum absolute atomic E-state index is 0.0250. The number of pyridine rings is 1. The molecule has 0 aliphatic heterocycles. The fourth-order valence-corrected chi connectivity index (χ4v) is 1.69. The van der Waals surface area contributed by atoms with Crippen LogP contribution >= 0.6 is 0 Å². The van der Waals surface area contributed by atoms with Crippen LogP contribution in [0.5, 0.6) is 0 Å². The van der Waals surface area contributed by atoms with Crippen LogP contribution in [-0.4, -0.2) is 35.1 Å². The molecule has 0 aliphatic carbocycles. The molecule has 4 nitrogen and oxygen atoms in total. The molecule has 17 heavy (non-hydrogen) atoms. The Labute approximate surface area is 102 Å². The van der Waals surface area contributed by atoms with Gasteiger partial charge in [-0.25, -0.2) is 0 Å². The molecule has 0 amide bonds. The molecule has 1 N–H and O–H groups in total. The van der Waals surface area contributed by atoms with E-state index >= 15 is 0 Å². The molecule has 0 atom stereocenters. The Kier molecular flexibility index (Phi) is 5.10. The second-order valence-corrected chi connectivity index (χ2v) is 4.32. The lowest BCUT2D eigenvalue weighted by Crippen LogP contribution is -2.32. The molecule has 0 radical (unpaired) electrons. The topological polar surface area (TPSA) is 53.4 Å². The van der Waals surface area contributed by atoms with E-state index in [1.807, 2.05) is 6.07 Å². The van der Waals surface area contributed by atoms with E-state index in [0.29, 0.717) is 11.7 Å². The Hall–Kier alpha value is -1.42. The highest BCUT2D eigenvalue weighted by atomic mass is 16.3. The highest BCUT2D eigenvalue weighted by Gasteiger charge is 2.11. The van der Waals surface area contributed by atoms with Gasteiger partial charge in [0.1, 0.15) is 5.69 Å². The predicted molar refractivity (Wildman–Crippen MR) is 68.4 cm³/mol. The second kappa shape index (κ2) is 6.35. The molecule has 1 heterocycles. The molecule has 0 aromatic carbocycles. The largest absolute Gasteiger partial charge is 0.396 e. The van der Waals surface area contributed by atoms with E-state index in [9.17, 15) is 4.79 Å². The third kappa shape index (κ3) is 3.82. The zero-order valence-electron chi connectivity index (χ0n) is 10.7. The van der Waals surface area contributed by atoms with Crippen LogP contribution in [0.25, 0.3) is 0 Å². The van der Waals surface area contributed by atoms with Gasteiger partial charge in [0.25, 0.3) is 0 Å². The van der Waals surface area contributed by atoms with Gasteiger partial charge < -0.3 is 10.0 Å². The van der Waals surface area contributed by atoms with Crippen molar-refractivity contribution in [2.75, 3.05) is 18.1 Å². The highest BCUT2D eigenvalue weighted by Crippen LogP contribution is 2.16. The van der Waals surface area contributed by atoms with Crippen molar-refractivity contribution in [3.63, 3.8) is 0 Å². The molecule has 0 unspecified atom stereocenters. The van der Waals surface area contributed by atoms with E-state index < -0.39 is 0 Å². The third-order valence-electron chi connectivity index (χ3n) is 2.62. The summed E-state index contributed by atoms with van der Waals surface area (Å²) in [7, 11) is 0. The number of hydrogen-bond acceptors (Lipinski definition) is 4. The van der Waals surface area contributed by atoms with E-state index in [4.69, 9.17) is 5.11 Å². The van der Waals surface area contributed by atoms with Crippen LogP contribution in [0.2, 0.25) is 0 Å². The van der Waals surface area contributed by atoms with Crippen molar-refractivity contribution in [3.8, 4) is 0 Å². The summed E-state index contributed by atoms with van der Waals surface area (Å²) in [5, 5.41) is 8.87. The van der Waals surface area contributed by atoms with Crippen LogP contribution in [0, 0.1) is 0 Å². The molecule has 0 aliphatic rings. The standard InChI is InChI=1S/C13H20N2O2/c1-10(2)15(7-4-8-16)12-5-6-13(11(3)17)14-9-12/h5-6,9-10,16H,4,7-8H2,1-3H3. The maximum atomic E-state index is 11.1. The normalized spacial score (nSPS) is 10.6. The lowest BCUT2D eigenvalue weighted by molar-refractivity contribution is 0.101. The number of carbonyl (C=O) groups excluding carboxylic acids is 1. The molecule has 4 heteroatoms. The van der Waals surface area contributed by atoms with Crippen molar-refractivity contribution in [2.45, 2.75) is 33.2 Å². The Morgan fingerprint density at radius 1 is 1.47 bits per heavy atom. The van der Waals surface area contributed by atoms with Gasteiger partial charge >= 0.3 is 0 Å². The molecule has 1 aromatic rings. The summed E-state index contributed by atoms with van der Waals surface area (Å²) >= 11 is 0. The minimum atomic E-state index is -0.0250. The molecule has 0 saturated carbocycles. The SMILES string of the molecule is CC(=O)c1ccc(N(CCCO)C(C)C)cn1. The maximum absolute atomic E-state index is 11.1. The summed E-state index contributed by atoms with van der Waals surface area (Å²) in [6.07, 6.45) is 2.45. The van der Waals surface area contributed by atoms with Gasteiger partial charge in [0.05, 0.1) is 11.9 Å². The van der Waals surface area contributed by atoms with Crippen LogP contribution in [0.15, 0.2) is 18.3 Å². The van der Waals surface area contributed by atoms with Gasteiger partial charge in [-0.15, -0.1) is 0 Å². The first kappa shape index (κ1) is 13.6. The van der Waals surface area contributed by atoms with E-state index in [2.05, 4.69) is 23.7 Å². The maximum Gasteiger partial charge on any atom is 0.178 e. The van der Waals surface area contributed by atoms with Crippen molar-refractivity contribution in [3.05, 3.63) is 24.0 Å². The number of carbonyl (C=O) groups is 1. The van der Waals surface area contributed by atoms with E-state index in [1.165, 1.54) is 6.92 Å². The van der Waals surface area contributed by atoms with Crippen molar-refractivity contribution in [1.82, 2.24) is 4.98 Å². The Balaban J connectivity index is 2.83. The summed E-state index contributed by atoms with van der Waals surface area (Å²) in [4.78, 5) is 17.4. The van der Waals surface area contributed by atoms with Crippen LogP contribution in [0.4, 0.5) is 5.69 Å². The number of ketones is 1. The monoisotopic (exact) mass is 236 g/mol. The number of rotatable bonds is 6. The number of aliphatic hydroxyl groups excluding tert-OH is 1. The fraction of sp³-hybridized carbons (Fsp3) is 0.538. The average molecular weight is 236 g/mol. The molecule has 1 aromatic heterocycles. The molecule has 0 saturated heterocycles. The Morgan fingerprint density at radius 3 is 2.59 bits per heavy atom. The van der Waals surface area contributed by atoms with Gasteiger partial charge in [0.2, 0.25) is 0 Å². The highest BCUT2D eigenvalue weighted by molar-refractivity contribution is 5.92. The predicted octanol–water partition coefficient (Wildman–Crippen LogP) is 1.88. The molecule has 0 bridgehead atoms. The molecular formula is C13H20N2O2. The fourth-order valence-electron chi connectivity index (χ4n) is 1.69. The van der Waals surface area contributed by atoms with Crippen molar-refractivity contribution >= 4 is 11.5 Å². The van der Waals surface area contributed by atoms with Crippen LogP contribution in [0.1, 0.15) is 37.7 Å². The first-order chi connectivity index (χ1) is 8.06. The number of aliphatic hydroxyl groups is 1. The molecule has 0 fully saturated rings. The summed E-state index contributed by atoms with van der Waals surface area (Å²) < 4.78 is 0. The quantitative estimate of drug-likeness (QED) is 0.766. The number of hydrogen-bond donors (Lipinski definition) is 1. The lowest BCUT2D eigenvalue weighted by Gasteiger charge is -2.28. The Morgan fingerprint density at radius 2 is 2.18 bits per heavy atom. The minimum Gasteiger partial charge on any atom is -0.396 e. The third-order valence-corrected chi connectivity index (χ3v) is 2.62. The second-order valence-electron chi connectivity index (χ2n) is 4.32. The van der Waals surface area contributed by atoms with E-state index in [1.54, 1.807) is 12.3 Å². The zero-order valence-corrected chi connectivity index (χ0v) is 10.7. The van der Waals surface area contributed by atoms with Crippen LogP contribution in [0.3, 0.4) is 0 Å². The first-order valence-electron chi connectivity index (χ1n) is 5.90. The van der Waals surface area contributed by atoms with Crippen molar-refractivity contribution in [2.24, 2.45) is 0 Å². The summed E-state index contributed by atoms with van der Waals surface area (Å²) in [5.41, 5.74) is 1.47. The number of anilines is 1. The number of nitrogens with zero attached hydrogens (tertiary/aromatic N) is 2.